The van der Waals surface area contributed by atoms with E-state index in [9.17, 15) is 10.1 Å². The molecule has 1 aromatic heterocycles. The quantitative estimate of drug-likeness (QED) is 0.678. The maximum atomic E-state index is 10.6. The molecule has 0 fully saturated rings. The van der Waals surface area contributed by atoms with Gasteiger partial charge in [0.1, 0.15) is 16.6 Å². The summed E-state index contributed by atoms with van der Waals surface area (Å²) in [6.45, 7) is 0. The minimum Gasteiger partial charge on any atom is -0.437 e. The standard InChI is InChI=1S/C12H9Cl2N3O3/c1-15-11-9(13)6-10(14)12(16-11)20-8-4-2-7(3-5-8)17(18)19/h2-6H,1H3,(H,15,16). The minimum atomic E-state index is -0.490. The van der Waals surface area contributed by atoms with Crippen molar-refractivity contribution >= 4 is 34.7 Å². The molecule has 0 spiro atoms. The summed E-state index contributed by atoms with van der Waals surface area (Å²) < 4.78 is 5.48. The van der Waals surface area contributed by atoms with E-state index in [1.165, 1.54) is 30.3 Å². The largest absolute Gasteiger partial charge is 0.437 e. The van der Waals surface area contributed by atoms with Crippen molar-refractivity contribution in [3.8, 4) is 11.6 Å². The van der Waals surface area contributed by atoms with Gasteiger partial charge in [-0.15, -0.1) is 0 Å². The lowest BCUT2D eigenvalue weighted by molar-refractivity contribution is -0.384. The van der Waals surface area contributed by atoms with Crippen LogP contribution in [0.15, 0.2) is 30.3 Å². The van der Waals surface area contributed by atoms with Gasteiger partial charge in [-0.1, -0.05) is 23.2 Å². The molecule has 0 aliphatic rings. The van der Waals surface area contributed by atoms with Gasteiger partial charge in [-0.25, -0.2) is 0 Å². The molecule has 0 aliphatic carbocycles. The molecule has 0 radical (unpaired) electrons. The van der Waals surface area contributed by atoms with E-state index in [1.807, 2.05) is 0 Å². The molecule has 0 bridgehead atoms. The normalized spacial score (nSPS) is 10.2. The molecular weight excluding hydrogens is 305 g/mol. The fourth-order valence-corrected chi connectivity index (χ4v) is 1.94. The summed E-state index contributed by atoms with van der Waals surface area (Å²) in [6, 6.07) is 7.09. The number of ether oxygens (including phenoxy) is 1. The Labute approximate surface area is 124 Å². The zero-order valence-electron chi connectivity index (χ0n) is 10.3. The van der Waals surface area contributed by atoms with E-state index in [4.69, 9.17) is 27.9 Å². The molecule has 1 N–H and O–H groups in total. The number of nitrogens with zero attached hydrogens (tertiary/aromatic N) is 2. The number of non-ortho nitro benzene ring substituents is 1. The smallest absolute Gasteiger partial charge is 0.269 e. The van der Waals surface area contributed by atoms with E-state index in [-0.39, 0.29) is 16.6 Å². The van der Waals surface area contributed by atoms with Crippen LogP contribution in [-0.4, -0.2) is 17.0 Å². The number of nitrogens with one attached hydrogen (secondary N) is 1. The van der Waals surface area contributed by atoms with Gasteiger partial charge in [0.05, 0.1) is 9.95 Å². The van der Waals surface area contributed by atoms with Crippen molar-refractivity contribution in [1.29, 1.82) is 0 Å². The van der Waals surface area contributed by atoms with E-state index < -0.39 is 4.92 Å². The third-order valence-electron chi connectivity index (χ3n) is 2.40. The average Bonchev–Trinajstić information content (AvgIpc) is 2.42. The maximum Gasteiger partial charge on any atom is 0.269 e. The lowest BCUT2D eigenvalue weighted by atomic mass is 10.3. The Bertz CT molecular complexity index is 647. The predicted octanol–water partition coefficient (Wildman–Crippen LogP) is 4.13. The van der Waals surface area contributed by atoms with Crippen LogP contribution in [0, 0.1) is 10.1 Å². The summed E-state index contributed by atoms with van der Waals surface area (Å²) in [6.07, 6.45) is 0. The van der Waals surface area contributed by atoms with E-state index in [2.05, 4.69) is 10.3 Å². The number of pyridine rings is 1. The summed E-state index contributed by atoms with van der Waals surface area (Å²) in [5.41, 5.74) is -0.0246. The minimum absolute atomic E-state index is 0.0246. The highest BCUT2D eigenvalue weighted by Gasteiger charge is 2.11. The number of rotatable bonds is 4. The molecule has 20 heavy (non-hydrogen) atoms. The van der Waals surface area contributed by atoms with Gasteiger partial charge in [-0.2, -0.15) is 4.98 Å². The second-order valence-electron chi connectivity index (χ2n) is 3.71. The van der Waals surface area contributed by atoms with Crippen molar-refractivity contribution in [1.82, 2.24) is 4.98 Å². The molecule has 8 heteroatoms. The zero-order chi connectivity index (χ0) is 14.7. The lowest BCUT2D eigenvalue weighted by Crippen LogP contribution is -1.97. The van der Waals surface area contributed by atoms with E-state index in [0.717, 1.165) is 0 Å². The number of nitro benzene ring substituents is 1. The molecule has 0 saturated heterocycles. The van der Waals surface area contributed by atoms with Crippen LogP contribution < -0.4 is 10.1 Å². The molecule has 0 atom stereocenters. The molecule has 6 nitrogen and oxygen atoms in total. The number of aromatic nitrogens is 1. The summed E-state index contributed by atoms with van der Waals surface area (Å²) >= 11 is 11.9. The second kappa shape index (κ2) is 5.94. The van der Waals surface area contributed by atoms with Crippen molar-refractivity contribution in [3.63, 3.8) is 0 Å². The molecule has 2 rings (SSSR count). The third-order valence-corrected chi connectivity index (χ3v) is 2.96. The van der Waals surface area contributed by atoms with E-state index in [1.54, 1.807) is 7.05 Å². The van der Waals surface area contributed by atoms with Gasteiger partial charge in [0.25, 0.3) is 5.69 Å². The first-order valence-electron chi connectivity index (χ1n) is 5.47. The number of anilines is 1. The topological polar surface area (TPSA) is 77.3 Å². The van der Waals surface area contributed by atoms with Gasteiger partial charge in [-0.05, 0) is 18.2 Å². The molecule has 2 aromatic rings. The van der Waals surface area contributed by atoms with Gasteiger partial charge >= 0.3 is 0 Å². The van der Waals surface area contributed by atoms with Crippen molar-refractivity contribution in [2.75, 3.05) is 12.4 Å². The van der Waals surface area contributed by atoms with Crippen LogP contribution in [-0.2, 0) is 0 Å². The van der Waals surface area contributed by atoms with E-state index in [0.29, 0.717) is 16.6 Å². The van der Waals surface area contributed by atoms with Crippen LogP contribution in [0.4, 0.5) is 11.5 Å². The van der Waals surface area contributed by atoms with E-state index >= 15 is 0 Å². The van der Waals surface area contributed by atoms with Crippen LogP contribution >= 0.6 is 23.2 Å². The average molecular weight is 314 g/mol. The van der Waals surface area contributed by atoms with Gasteiger partial charge in [0, 0.05) is 19.2 Å². The first-order chi connectivity index (χ1) is 9.51. The van der Waals surface area contributed by atoms with Crippen LogP contribution in [0.3, 0.4) is 0 Å². The second-order valence-corrected chi connectivity index (χ2v) is 4.52. The number of nitro groups is 1. The number of benzene rings is 1. The lowest BCUT2D eigenvalue weighted by Gasteiger charge is -2.09. The highest BCUT2D eigenvalue weighted by molar-refractivity contribution is 6.36. The SMILES string of the molecule is CNc1nc(Oc2ccc([N+](=O)[O-])cc2)c(Cl)cc1Cl. The molecule has 1 aromatic carbocycles. The van der Waals surface area contributed by atoms with Crippen LogP contribution in [0.2, 0.25) is 10.0 Å². The van der Waals surface area contributed by atoms with Crippen molar-refractivity contribution < 1.29 is 9.66 Å². The summed E-state index contributed by atoms with van der Waals surface area (Å²) in [4.78, 5) is 14.2. The Hall–Kier alpha value is -2.05. The van der Waals surface area contributed by atoms with Crippen molar-refractivity contribution in [2.45, 2.75) is 0 Å². The van der Waals surface area contributed by atoms with Crippen LogP contribution in [0.25, 0.3) is 0 Å². The zero-order valence-corrected chi connectivity index (χ0v) is 11.8. The molecule has 0 aliphatic heterocycles. The Kier molecular flexibility index (Phi) is 4.26. The molecule has 1 heterocycles. The molecule has 0 saturated carbocycles. The Morgan fingerprint density at radius 3 is 2.45 bits per heavy atom. The Morgan fingerprint density at radius 2 is 1.90 bits per heavy atom. The monoisotopic (exact) mass is 313 g/mol. The maximum absolute atomic E-state index is 10.6. The predicted molar refractivity (Wildman–Crippen MR) is 77.0 cm³/mol. The van der Waals surface area contributed by atoms with Gasteiger partial charge < -0.3 is 10.1 Å². The fourth-order valence-electron chi connectivity index (χ4n) is 1.44. The molecular formula is C12H9Cl2N3O3. The Morgan fingerprint density at radius 1 is 1.25 bits per heavy atom. The van der Waals surface area contributed by atoms with Gasteiger partial charge in [0.2, 0.25) is 5.88 Å². The first-order valence-corrected chi connectivity index (χ1v) is 6.23. The highest BCUT2D eigenvalue weighted by Crippen LogP contribution is 2.33. The fraction of sp³-hybridized carbons (Fsp3) is 0.0833. The summed E-state index contributed by atoms with van der Waals surface area (Å²) in [5.74, 6) is 0.969. The summed E-state index contributed by atoms with van der Waals surface area (Å²) in [5, 5.41) is 14.0. The van der Waals surface area contributed by atoms with Crippen molar-refractivity contribution in [3.05, 3.63) is 50.5 Å². The molecule has 0 amide bonds. The van der Waals surface area contributed by atoms with Gasteiger partial charge in [-0.3, -0.25) is 10.1 Å². The van der Waals surface area contributed by atoms with Crippen molar-refractivity contribution in [2.24, 2.45) is 0 Å². The van der Waals surface area contributed by atoms with Gasteiger partial charge in [0.15, 0.2) is 0 Å². The molecule has 0 unspecified atom stereocenters. The highest BCUT2D eigenvalue weighted by atomic mass is 35.5. The molecule has 104 valence electrons. The summed E-state index contributed by atoms with van der Waals surface area (Å²) in [7, 11) is 1.66. The first kappa shape index (κ1) is 14.4. The number of hydrogen-bond acceptors (Lipinski definition) is 5. The number of halogens is 2. The van der Waals surface area contributed by atoms with Crippen LogP contribution in [0.1, 0.15) is 0 Å². The number of hydrogen-bond donors (Lipinski definition) is 1. The third kappa shape index (κ3) is 3.09. The van der Waals surface area contributed by atoms with Crippen LogP contribution in [0.5, 0.6) is 11.6 Å². The Balaban J connectivity index is 2.27.